The van der Waals surface area contributed by atoms with E-state index in [1.165, 1.54) is 86.9 Å². The highest BCUT2D eigenvalue weighted by molar-refractivity contribution is 6.07. The van der Waals surface area contributed by atoms with Crippen LogP contribution in [0.4, 0.5) is 22.7 Å². The standard InChI is InChI=1S/C63H47N3/c1-66(60-32-16-29-52-37-46-23-10-13-26-49(46)40-56(52)60)61-34-33-53(62(42-17-4-2-5-18-42)64-58-30-14-27-50-35-44-21-8-11-24-47(44)38-54(50)58)41-57(61)63(43-19-6-3-7-20-43)65-59-31-15-28-51-36-45-22-9-12-25-48(45)39-55(51)59/h2-41,62-65H,1H3. The van der Waals surface area contributed by atoms with Crippen LogP contribution in [0.15, 0.2) is 243 Å². The number of anilines is 4. The Morgan fingerprint density at radius 2 is 0.682 bits per heavy atom. The van der Waals surface area contributed by atoms with E-state index in [2.05, 4.69) is 265 Å². The fourth-order valence-corrected chi connectivity index (χ4v) is 10.1. The highest BCUT2D eigenvalue weighted by Crippen LogP contribution is 2.43. The number of hydrogen-bond acceptors (Lipinski definition) is 3. The second kappa shape index (κ2) is 16.6. The van der Waals surface area contributed by atoms with Gasteiger partial charge in [-0.25, -0.2) is 0 Å². The minimum atomic E-state index is -0.225. The molecule has 2 atom stereocenters. The molecule has 12 rings (SSSR count). The molecule has 314 valence electrons. The van der Waals surface area contributed by atoms with Gasteiger partial charge in [0.15, 0.2) is 0 Å². The van der Waals surface area contributed by atoms with Crippen molar-refractivity contribution in [2.24, 2.45) is 0 Å². The first kappa shape index (κ1) is 39.2. The topological polar surface area (TPSA) is 27.3 Å². The summed E-state index contributed by atoms with van der Waals surface area (Å²) in [5.41, 5.74) is 9.16. The van der Waals surface area contributed by atoms with E-state index in [-0.39, 0.29) is 12.1 Å². The molecule has 2 N–H and O–H groups in total. The van der Waals surface area contributed by atoms with Gasteiger partial charge in [-0.2, -0.15) is 0 Å². The second-order valence-electron chi connectivity index (χ2n) is 17.5. The average Bonchev–Trinajstić information content (AvgIpc) is 3.37. The van der Waals surface area contributed by atoms with Crippen LogP contribution in [-0.4, -0.2) is 7.05 Å². The lowest BCUT2D eigenvalue weighted by Gasteiger charge is -2.31. The van der Waals surface area contributed by atoms with Gasteiger partial charge in [0.2, 0.25) is 0 Å². The molecule has 12 aromatic rings. The predicted molar refractivity (Wildman–Crippen MR) is 283 cm³/mol. The summed E-state index contributed by atoms with van der Waals surface area (Å²) < 4.78 is 0. The highest BCUT2D eigenvalue weighted by atomic mass is 15.1. The smallest absolute Gasteiger partial charge is 0.0788 e. The van der Waals surface area contributed by atoms with E-state index in [0.29, 0.717) is 0 Å². The molecule has 0 aromatic heterocycles. The molecule has 12 aromatic carbocycles. The summed E-state index contributed by atoms with van der Waals surface area (Å²) in [6.45, 7) is 0. The largest absolute Gasteiger partial charge is 0.374 e. The molecular formula is C63H47N3. The Bertz CT molecular complexity index is 3750. The summed E-state index contributed by atoms with van der Waals surface area (Å²) >= 11 is 0. The average molecular weight is 846 g/mol. The van der Waals surface area contributed by atoms with Crippen molar-refractivity contribution in [2.75, 3.05) is 22.6 Å². The summed E-state index contributed by atoms with van der Waals surface area (Å²) in [5.74, 6) is 0. The van der Waals surface area contributed by atoms with Gasteiger partial charge in [-0.15, -0.1) is 0 Å². The van der Waals surface area contributed by atoms with E-state index in [9.17, 15) is 0 Å². The number of nitrogens with zero attached hydrogens (tertiary/aromatic N) is 1. The highest BCUT2D eigenvalue weighted by Gasteiger charge is 2.25. The van der Waals surface area contributed by atoms with E-state index in [0.717, 1.165) is 22.7 Å². The van der Waals surface area contributed by atoms with Crippen molar-refractivity contribution < 1.29 is 0 Å². The summed E-state index contributed by atoms with van der Waals surface area (Å²) in [4.78, 5) is 2.39. The maximum Gasteiger partial charge on any atom is 0.0788 e. The zero-order chi connectivity index (χ0) is 44.0. The fraction of sp³-hybridized carbons (Fsp3) is 0.0476. The Hall–Kier alpha value is -8.40. The molecule has 0 fully saturated rings. The van der Waals surface area contributed by atoms with Crippen LogP contribution in [0.25, 0.3) is 64.6 Å². The molecule has 0 spiro atoms. The molecule has 0 bridgehead atoms. The van der Waals surface area contributed by atoms with Gasteiger partial charge < -0.3 is 15.5 Å². The Labute approximate surface area is 385 Å². The zero-order valence-electron chi connectivity index (χ0n) is 36.7. The van der Waals surface area contributed by atoms with Crippen LogP contribution in [0.5, 0.6) is 0 Å². The lowest BCUT2D eigenvalue weighted by Crippen LogP contribution is -2.20. The normalized spacial score (nSPS) is 12.5. The van der Waals surface area contributed by atoms with E-state index < -0.39 is 0 Å². The van der Waals surface area contributed by atoms with Crippen molar-refractivity contribution in [2.45, 2.75) is 12.1 Å². The first-order chi connectivity index (χ1) is 32.6. The van der Waals surface area contributed by atoms with Crippen molar-refractivity contribution in [3.63, 3.8) is 0 Å². The molecule has 0 heterocycles. The van der Waals surface area contributed by atoms with Crippen molar-refractivity contribution >= 4 is 87.4 Å². The number of hydrogen-bond donors (Lipinski definition) is 2. The molecule has 66 heavy (non-hydrogen) atoms. The molecule has 0 aliphatic heterocycles. The lowest BCUT2D eigenvalue weighted by atomic mass is 9.90. The number of fused-ring (bicyclic) bond motifs is 6. The Kier molecular flexibility index (Phi) is 9.87. The third kappa shape index (κ3) is 7.21. The molecule has 0 amide bonds. The van der Waals surface area contributed by atoms with Gasteiger partial charge >= 0.3 is 0 Å². The lowest BCUT2D eigenvalue weighted by molar-refractivity contribution is 0.901. The molecule has 0 aliphatic carbocycles. The fourth-order valence-electron chi connectivity index (χ4n) is 10.1. The third-order valence-electron chi connectivity index (χ3n) is 13.5. The number of rotatable bonds is 10. The van der Waals surface area contributed by atoms with E-state index in [1.807, 2.05) is 0 Å². The third-order valence-corrected chi connectivity index (χ3v) is 13.5. The van der Waals surface area contributed by atoms with Crippen molar-refractivity contribution in [1.29, 1.82) is 0 Å². The van der Waals surface area contributed by atoms with Crippen LogP contribution >= 0.6 is 0 Å². The maximum atomic E-state index is 4.18. The van der Waals surface area contributed by atoms with Crippen LogP contribution < -0.4 is 15.5 Å². The van der Waals surface area contributed by atoms with Crippen LogP contribution in [0.2, 0.25) is 0 Å². The quantitative estimate of drug-likeness (QED) is 0.134. The van der Waals surface area contributed by atoms with Gasteiger partial charge in [0.05, 0.1) is 12.1 Å². The SMILES string of the molecule is CN(c1ccc(C(Nc2cccc3cc4ccccc4cc23)c2ccccc2)cc1C(Nc1cccc2cc3ccccc3cc12)c1ccccc1)c1cccc2cc3ccccc3cc12. The number of nitrogens with one attached hydrogen (secondary N) is 2. The molecule has 0 saturated heterocycles. The monoisotopic (exact) mass is 845 g/mol. The zero-order valence-corrected chi connectivity index (χ0v) is 36.7. The van der Waals surface area contributed by atoms with E-state index in [1.54, 1.807) is 0 Å². The van der Waals surface area contributed by atoms with Gasteiger partial charge in [0.25, 0.3) is 0 Å². The molecule has 3 nitrogen and oxygen atoms in total. The van der Waals surface area contributed by atoms with E-state index in [4.69, 9.17) is 0 Å². The number of benzene rings is 12. The van der Waals surface area contributed by atoms with Crippen LogP contribution in [0, 0.1) is 0 Å². The van der Waals surface area contributed by atoms with Crippen LogP contribution in [-0.2, 0) is 0 Å². The Morgan fingerprint density at radius 3 is 1.20 bits per heavy atom. The van der Waals surface area contributed by atoms with Gasteiger partial charge in [0.1, 0.15) is 0 Å². The van der Waals surface area contributed by atoms with Gasteiger partial charge in [-0.1, -0.05) is 176 Å². The minimum Gasteiger partial charge on any atom is -0.374 e. The van der Waals surface area contributed by atoms with Crippen molar-refractivity contribution in [1.82, 2.24) is 0 Å². The van der Waals surface area contributed by atoms with Gasteiger partial charge in [0, 0.05) is 51.5 Å². The minimum absolute atomic E-state index is 0.161. The maximum absolute atomic E-state index is 4.18. The predicted octanol–water partition coefficient (Wildman–Crippen LogP) is 16.8. The van der Waals surface area contributed by atoms with Crippen LogP contribution in [0.1, 0.15) is 34.3 Å². The van der Waals surface area contributed by atoms with Crippen molar-refractivity contribution in [3.8, 4) is 0 Å². The molecule has 3 heteroatoms. The molecule has 0 saturated carbocycles. The van der Waals surface area contributed by atoms with E-state index >= 15 is 0 Å². The molecule has 0 radical (unpaired) electrons. The summed E-state index contributed by atoms with van der Waals surface area (Å²) in [6, 6.07) is 88.3. The summed E-state index contributed by atoms with van der Waals surface area (Å²) in [7, 11) is 2.22. The molecule has 0 aliphatic rings. The van der Waals surface area contributed by atoms with Crippen molar-refractivity contribution in [3.05, 3.63) is 265 Å². The first-order valence-corrected chi connectivity index (χ1v) is 22.9. The van der Waals surface area contributed by atoms with Gasteiger partial charge in [-0.05, 0) is 132 Å². The first-order valence-electron chi connectivity index (χ1n) is 22.9. The summed E-state index contributed by atoms with van der Waals surface area (Å²) in [5, 5.41) is 22.9. The Balaban J connectivity index is 1.07. The molecular weight excluding hydrogens is 799 g/mol. The second-order valence-corrected chi connectivity index (χ2v) is 17.5. The Morgan fingerprint density at radius 1 is 0.288 bits per heavy atom. The van der Waals surface area contributed by atoms with Crippen LogP contribution in [0.3, 0.4) is 0 Å². The summed E-state index contributed by atoms with van der Waals surface area (Å²) in [6.07, 6.45) is 0. The molecule has 2 unspecified atom stereocenters. The van der Waals surface area contributed by atoms with Gasteiger partial charge in [-0.3, -0.25) is 0 Å².